The molecule has 33 heavy (non-hydrogen) atoms. The van der Waals surface area contributed by atoms with Crippen LogP contribution in [0.15, 0.2) is 30.3 Å². The molecule has 0 aliphatic carbocycles. The van der Waals surface area contributed by atoms with Crippen LogP contribution in [0.4, 0.5) is 0 Å². The van der Waals surface area contributed by atoms with Crippen molar-refractivity contribution < 1.29 is 29.0 Å². The Morgan fingerprint density at radius 2 is 1.94 bits per heavy atom. The van der Waals surface area contributed by atoms with Crippen molar-refractivity contribution in [3.63, 3.8) is 0 Å². The number of hydrogen-bond donors (Lipinski definition) is 2. The number of fused-ring (bicyclic) bond motifs is 1. The number of aliphatic hydroxyl groups is 1. The standard InChI is InChI=1S/C25H34N2O6/c1-5-24-12-13-25(33-24)18(19(24)23(31)32-6-2)22(30)27(20(25)21(29)26-15(3)4)17(14-28)16-10-8-7-9-11-16/h7-11,15,17-20,28H,5-6,12-14H2,1-4H3,(H,26,29)/t17-,18+,19-,20?,24+,25?/m1/s1. The summed E-state index contributed by atoms with van der Waals surface area (Å²) in [7, 11) is 0. The van der Waals surface area contributed by atoms with Gasteiger partial charge in [0.15, 0.2) is 0 Å². The van der Waals surface area contributed by atoms with Crippen LogP contribution < -0.4 is 5.32 Å². The van der Waals surface area contributed by atoms with Crippen LogP contribution in [0.5, 0.6) is 0 Å². The van der Waals surface area contributed by atoms with Gasteiger partial charge >= 0.3 is 5.97 Å². The molecule has 1 aromatic carbocycles. The second kappa shape index (κ2) is 8.72. The predicted octanol–water partition coefficient (Wildman–Crippen LogP) is 1.96. The van der Waals surface area contributed by atoms with E-state index in [1.54, 1.807) is 6.92 Å². The van der Waals surface area contributed by atoms with Crippen molar-refractivity contribution in [2.45, 2.75) is 76.3 Å². The van der Waals surface area contributed by atoms with Gasteiger partial charge in [0.05, 0.1) is 30.8 Å². The molecule has 0 radical (unpaired) electrons. The highest BCUT2D eigenvalue weighted by atomic mass is 16.6. The van der Waals surface area contributed by atoms with E-state index in [2.05, 4.69) is 5.32 Å². The quantitative estimate of drug-likeness (QED) is 0.577. The number of likely N-dealkylation sites (tertiary alicyclic amines) is 1. The number of nitrogens with one attached hydrogen (secondary N) is 1. The third kappa shape index (κ3) is 3.46. The molecule has 2 N–H and O–H groups in total. The van der Waals surface area contributed by atoms with Gasteiger partial charge in [-0.1, -0.05) is 37.3 Å². The van der Waals surface area contributed by atoms with Gasteiger partial charge in [0, 0.05) is 6.04 Å². The molecule has 8 heteroatoms. The fourth-order valence-electron chi connectivity index (χ4n) is 6.27. The third-order valence-corrected chi connectivity index (χ3v) is 7.53. The van der Waals surface area contributed by atoms with E-state index in [0.717, 1.165) is 5.56 Å². The van der Waals surface area contributed by atoms with Gasteiger partial charge in [0.25, 0.3) is 0 Å². The molecule has 6 atom stereocenters. The zero-order valence-electron chi connectivity index (χ0n) is 19.7. The number of ether oxygens (including phenoxy) is 2. The Morgan fingerprint density at radius 1 is 1.24 bits per heavy atom. The molecule has 180 valence electrons. The van der Waals surface area contributed by atoms with Gasteiger partial charge in [-0.05, 0) is 45.6 Å². The molecule has 1 aromatic rings. The SMILES string of the molecule is CCOC(=O)[C@H]1[C@H]2C(=O)N([C@H](CO)c3ccccc3)C(C(=O)NC(C)C)C23CC[C@]1(CC)O3. The maximum Gasteiger partial charge on any atom is 0.312 e. The number of rotatable bonds is 8. The fourth-order valence-corrected chi connectivity index (χ4v) is 6.27. The van der Waals surface area contributed by atoms with E-state index < -0.39 is 41.1 Å². The van der Waals surface area contributed by atoms with Gasteiger partial charge in [-0.25, -0.2) is 0 Å². The lowest BCUT2D eigenvalue weighted by Crippen LogP contribution is -2.57. The summed E-state index contributed by atoms with van der Waals surface area (Å²) in [4.78, 5) is 42.3. The Hall–Kier alpha value is -2.45. The van der Waals surface area contributed by atoms with E-state index in [1.165, 1.54) is 4.90 Å². The first-order valence-corrected chi connectivity index (χ1v) is 11.9. The number of nitrogens with zero attached hydrogens (tertiary/aromatic N) is 1. The number of carbonyl (C=O) groups excluding carboxylic acids is 3. The highest BCUT2D eigenvalue weighted by Crippen LogP contribution is 2.65. The predicted molar refractivity (Wildman–Crippen MR) is 120 cm³/mol. The maximum absolute atomic E-state index is 14.1. The molecule has 3 heterocycles. The summed E-state index contributed by atoms with van der Waals surface area (Å²) in [5.41, 5.74) is -1.23. The van der Waals surface area contributed by atoms with Crippen LogP contribution in [0.2, 0.25) is 0 Å². The molecule has 3 saturated heterocycles. The number of aliphatic hydroxyl groups excluding tert-OH is 1. The van der Waals surface area contributed by atoms with E-state index in [9.17, 15) is 19.5 Å². The number of hydrogen-bond acceptors (Lipinski definition) is 6. The molecule has 2 bridgehead atoms. The Balaban J connectivity index is 1.85. The van der Waals surface area contributed by atoms with Gasteiger partial charge < -0.3 is 24.8 Å². The molecule has 2 amide bonds. The van der Waals surface area contributed by atoms with Gasteiger partial charge in [0.2, 0.25) is 11.8 Å². The minimum atomic E-state index is -1.13. The average Bonchev–Trinajstić information content (AvgIpc) is 3.39. The maximum atomic E-state index is 14.1. The van der Waals surface area contributed by atoms with E-state index >= 15 is 0 Å². The van der Waals surface area contributed by atoms with E-state index in [0.29, 0.717) is 19.3 Å². The summed E-state index contributed by atoms with van der Waals surface area (Å²) in [5.74, 6) is -2.73. The third-order valence-electron chi connectivity index (χ3n) is 7.53. The molecule has 0 saturated carbocycles. The Labute approximate surface area is 194 Å². The number of carbonyl (C=O) groups is 3. The van der Waals surface area contributed by atoms with Gasteiger partial charge in [-0.15, -0.1) is 0 Å². The summed E-state index contributed by atoms with van der Waals surface area (Å²) in [6.45, 7) is 7.24. The van der Waals surface area contributed by atoms with Crippen LogP contribution in [0, 0.1) is 11.8 Å². The van der Waals surface area contributed by atoms with Gasteiger partial charge in [0.1, 0.15) is 17.6 Å². The molecule has 8 nitrogen and oxygen atoms in total. The lowest BCUT2D eigenvalue weighted by Gasteiger charge is -2.37. The summed E-state index contributed by atoms with van der Waals surface area (Å²) >= 11 is 0. The smallest absolute Gasteiger partial charge is 0.312 e. The minimum Gasteiger partial charge on any atom is -0.466 e. The lowest BCUT2D eigenvalue weighted by molar-refractivity contribution is -0.162. The van der Waals surface area contributed by atoms with Crippen molar-refractivity contribution in [1.29, 1.82) is 0 Å². The van der Waals surface area contributed by atoms with E-state index in [-0.39, 0.29) is 31.1 Å². The van der Waals surface area contributed by atoms with Crippen LogP contribution in [0.1, 0.15) is 58.6 Å². The first kappa shape index (κ1) is 23.7. The largest absolute Gasteiger partial charge is 0.466 e. The van der Waals surface area contributed by atoms with Crippen LogP contribution in [-0.4, -0.2) is 64.3 Å². The first-order valence-electron chi connectivity index (χ1n) is 11.9. The summed E-state index contributed by atoms with van der Waals surface area (Å²) in [6.07, 6.45) is 1.61. The fraction of sp³-hybridized carbons (Fsp3) is 0.640. The van der Waals surface area contributed by atoms with Crippen molar-refractivity contribution in [3.8, 4) is 0 Å². The van der Waals surface area contributed by atoms with Crippen molar-refractivity contribution in [1.82, 2.24) is 10.2 Å². The molecule has 0 aromatic heterocycles. The van der Waals surface area contributed by atoms with Gasteiger partial charge in [-0.3, -0.25) is 14.4 Å². The van der Waals surface area contributed by atoms with Crippen molar-refractivity contribution in [3.05, 3.63) is 35.9 Å². The molecule has 4 rings (SSSR count). The molecule has 3 aliphatic heterocycles. The average molecular weight is 459 g/mol. The van der Waals surface area contributed by atoms with E-state index in [4.69, 9.17) is 9.47 Å². The van der Waals surface area contributed by atoms with Crippen LogP contribution >= 0.6 is 0 Å². The lowest BCUT2D eigenvalue weighted by atomic mass is 9.65. The normalized spacial score (nSPS) is 33.3. The van der Waals surface area contributed by atoms with Crippen LogP contribution in [0.3, 0.4) is 0 Å². The zero-order valence-corrected chi connectivity index (χ0v) is 19.7. The second-order valence-electron chi connectivity index (χ2n) is 9.60. The minimum absolute atomic E-state index is 0.145. The summed E-state index contributed by atoms with van der Waals surface area (Å²) in [5, 5.41) is 13.3. The van der Waals surface area contributed by atoms with Crippen LogP contribution in [-0.2, 0) is 23.9 Å². The summed E-state index contributed by atoms with van der Waals surface area (Å²) in [6, 6.07) is 7.33. The molecule has 1 spiro atoms. The Bertz CT molecular complexity index is 921. The Kier molecular flexibility index (Phi) is 6.26. The van der Waals surface area contributed by atoms with Crippen molar-refractivity contribution in [2.75, 3.05) is 13.2 Å². The Morgan fingerprint density at radius 3 is 2.52 bits per heavy atom. The molecular formula is C25H34N2O6. The van der Waals surface area contributed by atoms with Crippen molar-refractivity contribution >= 4 is 17.8 Å². The molecule has 3 fully saturated rings. The monoisotopic (exact) mass is 458 g/mol. The number of esters is 1. The first-order chi connectivity index (χ1) is 15.8. The second-order valence-corrected chi connectivity index (χ2v) is 9.60. The highest BCUT2D eigenvalue weighted by Gasteiger charge is 2.79. The van der Waals surface area contributed by atoms with Gasteiger partial charge in [-0.2, -0.15) is 0 Å². The van der Waals surface area contributed by atoms with Crippen LogP contribution in [0.25, 0.3) is 0 Å². The summed E-state index contributed by atoms with van der Waals surface area (Å²) < 4.78 is 12.0. The number of benzene rings is 1. The zero-order chi connectivity index (χ0) is 24.0. The number of amides is 2. The highest BCUT2D eigenvalue weighted by molar-refractivity contribution is 5.98. The van der Waals surface area contributed by atoms with Crippen molar-refractivity contribution in [2.24, 2.45) is 11.8 Å². The van der Waals surface area contributed by atoms with E-state index in [1.807, 2.05) is 51.1 Å². The topological polar surface area (TPSA) is 105 Å². The molecule has 2 unspecified atom stereocenters. The molecular weight excluding hydrogens is 424 g/mol. The molecule has 3 aliphatic rings.